The molecule has 6 nitrogen and oxygen atoms in total. The third-order valence-electron chi connectivity index (χ3n) is 2.46. The van der Waals surface area contributed by atoms with E-state index in [1.165, 1.54) is 12.4 Å². The number of H-pyrrole nitrogens is 1. The van der Waals surface area contributed by atoms with Crippen LogP contribution in [0.25, 0.3) is 0 Å². The Labute approximate surface area is 104 Å². The maximum absolute atomic E-state index is 11.4. The minimum atomic E-state index is -0.251. The molecular formula is C12H14N4O2. The first-order valence-electron chi connectivity index (χ1n) is 5.40. The average Bonchev–Trinajstić information content (AvgIpc) is 2.38. The number of nitrogens with one attached hydrogen (secondary N) is 2. The molecule has 0 aliphatic rings. The van der Waals surface area contributed by atoms with Gasteiger partial charge < -0.3 is 20.8 Å². The molecule has 0 spiro atoms. The largest absolute Gasteiger partial charge is 0.495 e. The Hall–Kier alpha value is -2.50. The molecule has 1 aromatic heterocycles. The van der Waals surface area contributed by atoms with Gasteiger partial charge in [0, 0.05) is 18.9 Å². The van der Waals surface area contributed by atoms with Gasteiger partial charge in [0.2, 0.25) is 0 Å². The molecule has 1 heterocycles. The van der Waals surface area contributed by atoms with Gasteiger partial charge in [0.05, 0.1) is 12.8 Å². The van der Waals surface area contributed by atoms with E-state index < -0.39 is 0 Å². The van der Waals surface area contributed by atoms with Crippen molar-refractivity contribution in [1.82, 2.24) is 9.97 Å². The van der Waals surface area contributed by atoms with Crippen molar-refractivity contribution in [2.24, 2.45) is 0 Å². The van der Waals surface area contributed by atoms with Gasteiger partial charge in [-0.05, 0) is 17.7 Å². The lowest BCUT2D eigenvalue weighted by Crippen LogP contribution is -2.15. The lowest BCUT2D eigenvalue weighted by molar-refractivity contribution is 0.417. The maximum atomic E-state index is 11.4. The second-order valence-electron chi connectivity index (χ2n) is 3.70. The summed E-state index contributed by atoms with van der Waals surface area (Å²) in [5.41, 5.74) is 7.05. The van der Waals surface area contributed by atoms with E-state index in [0.717, 1.165) is 5.56 Å². The fourth-order valence-corrected chi connectivity index (χ4v) is 1.56. The SMILES string of the molecule is COc1ccc(CNc2ncc[nH]c2=O)cc1N. The van der Waals surface area contributed by atoms with Crippen molar-refractivity contribution in [1.29, 1.82) is 0 Å². The van der Waals surface area contributed by atoms with Gasteiger partial charge in [0.15, 0.2) is 5.82 Å². The normalized spacial score (nSPS) is 10.1. The molecule has 6 heteroatoms. The number of hydrogen-bond acceptors (Lipinski definition) is 5. The molecule has 0 saturated carbocycles. The van der Waals surface area contributed by atoms with Crippen molar-refractivity contribution in [3.05, 3.63) is 46.5 Å². The number of aromatic nitrogens is 2. The van der Waals surface area contributed by atoms with Gasteiger partial charge in [-0.1, -0.05) is 6.07 Å². The average molecular weight is 246 g/mol. The van der Waals surface area contributed by atoms with Gasteiger partial charge in [-0.3, -0.25) is 4.79 Å². The monoisotopic (exact) mass is 246 g/mol. The van der Waals surface area contributed by atoms with E-state index in [1.54, 1.807) is 19.2 Å². The zero-order valence-electron chi connectivity index (χ0n) is 9.93. The Morgan fingerprint density at radius 2 is 2.33 bits per heavy atom. The highest BCUT2D eigenvalue weighted by Crippen LogP contribution is 2.21. The van der Waals surface area contributed by atoms with E-state index in [4.69, 9.17) is 10.5 Å². The van der Waals surface area contributed by atoms with Crippen molar-refractivity contribution >= 4 is 11.5 Å². The second kappa shape index (κ2) is 5.22. The third-order valence-corrected chi connectivity index (χ3v) is 2.46. The molecular weight excluding hydrogens is 232 g/mol. The number of benzene rings is 1. The third kappa shape index (κ3) is 2.60. The molecule has 0 atom stereocenters. The summed E-state index contributed by atoms with van der Waals surface area (Å²) in [6.45, 7) is 0.467. The van der Waals surface area contributed by atoms with Crippen molar-refractivity contribution in [3.8, 4) is 5.75 Å². The number of ether oxygens (including phenoxy) is 1. The zero-order valence-corrected chi connectivity index (χ0v) is 9.93. The summed E-state index contributed by atoms with van der Waals surface area (Å²) in [5.74, 6) is 0.918. The molecule has 94 valence electrons. The number of hydrogen-bond donors (Lipinski definition) is 3. The number of nitrogen functional groups attached to an aromatic ring is 1. The predicted octanol–water partition coefficient (Wildman–Crippen LogP) is 0.973. The van der Waals surface area contributed by atoms with Crippen molar-refractivity contribution < 1.29 is 4.74 Å². The number of nitrogens with two attached hydrogens (primary N) is 1. The van der Waals surface area contributed by atoms with Crippen LogP contribution in [0.2, 0.25) is 0 Å². The number of methoxy groups -OCH3 is 1. The van der Waals surface area contributed by atoms with Crippen LogP contribution in [0.15, 0.2) is 35.4 Å². The molecule has 0 fully saturated rings. The molecule has 4 N–H and O–H groups in total. The molecule has 2 rings (SSSR count). The van der Waals surface area contributed by atoms with Crippen molar-refractivity contribution in [3.63, 3.8) is 0 Å². The number of rotatable bonds is 4. The van der Waals surface area contributed by atoms with Crippen LogP contribution in [-0.2, 0) is 6.54 Å². The summed E-state index contributed by atoms with van der Waals surface area (Å²) < 4.78 is 5.07. The molecule has 0 radical (unpaired) electrons. The highest BCUT2D eigenvalue weighted by atomic mass is 16.5. The first-order valence-corrected chi connectivity index (χ1v) is 5.40. The summed E-state index contributed by atoms with van der Waals surface area (Å²) >= 11 is 0. The van der Waals surface area contributed by atoms with E-state index in [1.807, 2.05) is 6.07 Å². The molecule has 2 aromatic rings. The van der Waals surface area contributed by atoms with E-state index in [-0.39, 0.29) is 11.4 Å². The Morgan fingerprint density at radius 3 is 3.00 bits per heavy atom. The van der Waals surface area contributed by atoms with Crippen LogP contribution in [0.3, 0.4) is 0 Å². The number of anilines is 2. The summed E-state index contributed by atoms with van der Waals surface area (Å²) in [5, 5.41) is 2.94. The molecule has 0 aliphatic heterocycles. The Kier molecular flexibility index (Phi) is 3.47. The summed E-state index contributed by atoms with van der Waals surface area (Å²) in [6, 6.07) is 5.46. The number of aromatic amines is 1. The minimum absolute atomic E-state index is 0.251. The molecule has 0 unspecified atom stereocenters. The lowest BCUT2D eigenvalue weighted by atomic mass is 10.2. The lowest BCUT2D eigenvalue weighted by Gasteiger charge is -2.08. The fraction of sp³-hybridized carbons (Fsp3) is 0.167. The first kappa shape index (κ1) is 12.0. The van der Waals surface area contributed by atoms with Crippen LogP contribution in [0.5, 0.6) is 5.75 Å². The quantitative estimate of drug-likeness (QED) is 0.699. The second-order valence-corrected chi connectivity index (χ2v) is 3.70. The first-order chi connectivity index (χ1) is 8.70. The van der Waals surface area contributed by atoms with Crippen LogP contribution in [0, 0.1) is 0 Å². The van der Waals surface area contributed by atoms with Crippen LogP contribution in [-0.4, -0.2) is 17.1 Å². The summed E-state index contributed by atoms with van der Waals surface area (Å²) in [4.78, 5) is 17.9. The molecule has 0 amide bonds. The summed E-state index contributed by atoms with van der Waals surface area (Å²) in [7, 11) is 1.57. The summed E-state index contributed by atoms with van der Waals surface area (Å²) in [6.07, 6.45) is 3.00. The van der Waals surface area contributed by atoms with Gasteiger partial charge in [0.25, 0.3) is 5.56 Å². The topological polar surface area (TPSA) is 93.0 Å². The Morgan fingerprint density at radius 1 is 1.50 bits per heavy atom. The van der Waals surface area contributed by atoms with Gasteiger partial charge in [0.1, 0.15) is 5.75 Å². The molecule has 0 aliphatic carbocycles. The molecule has 18 heavy (non-hydrogen) atoms. The van der Waals surface area contributed by atoms with Crippen LogP contribution < -0.4 is 21.3 Å². The Balaban J connectivity index is 2.09. The molecule has 0 bridgehead atoms. The standard InChI is InChI=1S/C12H14N4O2/c1-18-10-3-2-8(6-9(10)13)7-16-11-12(17)15-5-4-14-11/h2-6H,7,13H2,1H3,(H,14,16)(H,15,17). The van der Waals surface area contributed by atoms with E-state index in [0.29, 0.717) is 18.0 Å². The van der Waals surface area contributed by atoms with Crippen LogP contribution in [0.4, 0.5) is 11.5 Å². The van der Waals surface area contributed by atoms with Crippen molar-refractivity contribution in [2.45, 2.75) is 6.54 Å². The minimum Gasteiger partial charge on any atom is -0.495 e. The van der Waals surface area contributed by atoms with E-state index in [2.05, 4.69) is 15.3 Å². The highest BCUT2D eigenvalue weighted by molar-refractivity contribution is 5.54. The highest BCUT2D eigenvalue weighted by Gasteiger charge is 2.02. The number of nitrogens with zero attached hydrogens (tertiary/aromatic N) is 1. The molecule has 1 aromatic carbocycles. The fourth-order valence-electron chi connectivity index (χ4n) is 1.56. The van der Waals surface area contributed by atoms with Crippen LogP contribution in [0.1, 0.15) is 5.56 Å². The Bertz CT molecular complexity index is 595. The van der Waals surface area contributed by atoms with E-state index >= 15 is 0 Å². The van der Waals surface area contributed by atoms with Gasteiger partial charge in [-0.25, -0.2) is 4.98 Å². The van der Waals surface area contributed by atoms with E-state index in [9.17, 15) is 4.79 Å². The zero-order chi connectivity index (χ0) is 13.0. The smallest absolute Gasteiger partial charge is 0.290 e. The van der Waals surface area contributed by atoms with Crippen LogP contribution >= 0.6 is 0 Å². The molecule has 0 saturated heterocycles. The van der Waals surface area contributed by atoms with Gasteiger partial charge >= 0.3 is 0 Å². The van der Waals surface area contributed by atoms with Crippen molar-refractivity contribution in [2.75, 3.05) is 18.2 Å². The van der Waals surface area contributed by atoms with Gasteiger partial charge in [-0.2, -0.15) is 0 Å². The predicted molar refractivity (Wildman–Crippen MR) is 69.6 cm³/mol. The maximum Gasteiger partial charge on any atom is 0.290 e. The van der Waals surface area contributed by atoms with Gasteiger partial charge in [-0.15, -0.1) is 0 Å².